The van der Waals surface area contributed by atoms with Crippen LogP contribution < -0.4 is 0 Å². The standard InChI is InChI=1S/C19H19N7O3/c1-13-23-17(29-24-13)15-12-25(19(28)16-21-7-3-8-22-16)9-4-10-26(15)18(27)14-5-2-6-20-11-14/h2-3,5-8,11,15H,4,9-10,12H2,1H3. The smallest absolute Gasteiger partial charge is 0.291 e. The molecule has 148 valence electrons. The van der Waals surface area contributed by atoms with Crippen LogP contribution in [-0.4, -0.2) is 66.3 Å². The van der Waals surface area contributed by atoms with Gasteiger partial charge >= 0.3 is 0 Å². The van der Waals surface area contributed by atoms with Gasteiger partial charge in [0, 0.05) is 37.9 Å². The summed E-state index contributed by atoms with van der Waals surface area (Å²) in [6, 6.07) is 4.48. The van der Waals surface area contributed by atoms with E-state index in [0.29, 0.717) is 30.9 Å². The van der Waals surface area contributed by atoms with Crippen LogP contribution >= 0.6 is 0 Å². The Bertz CT molecular complexity index is 993. The molecule has 1 atom stereocenters. The molecule has 4 heterocycles. The van der Waals surface area contributed by atoms with Gasteiger partial charge in [-0.05, 0) is 31.5 Å². The highest BCUT2D eigenvalue weighted by Crippen LogP contribution is 2.26. The molecule has 0 aliphatic carbocycles. The van der Waals surface area contributed by atoms with Gasteiger partial charge in [-0.25, -0.2) is 9.97 Å². The van der Waals surface area contributed by atoms with Crippen LogP contribution in [0.4, 0.5) is 0 Å². The van der Waals surface area contributed by atoms with Crippen molar-refractivity contribution < 1.29 is 14.1 Å². The Kier molecular flexibility index (Phi) is 5.23. The average molecular weight is 393 g/mol. The number of pyridine rings is 1. The molecule has 1 saturated heterocycles. The molecule has 0 saturated carbocycles. The van der Waals surface area contributed by atoms with Crippen molar-refractivity contribution in [3.8, 4) is 0 Å². The summed E-state index contributed by atoms with van der Waals surface area (Å²) in [7, 11) is 0. The van der Waals surface area contributed by atoms with Crippen molar-refractivity contribution in [3.63, 3.8) is 0 Å². The number of hydrogen-bond donors (Lipinski definition) is 0. The lowest BCUT2D eigenvalue weighted by atomic mass is 10.1. The van der Waals surface area contributed by atoms with Gasteiger partial charge in [0.15, 0.2) is 5.82 Å². The SMILES string of the molecule is Cc1noc(C2CN(C(=O)c3ncccn3)CCCN2C(=O)c2cccnc2)n1. The molecule has 10 heteroatoms. The Morgan fingerprint density at radius 1 is 1.10 bits per heavy atom. The number of nitrogens with zero attached hydrogens (tertiary/aromatic N) is 7. The molecule has 3 aromatic heterocycles. The Morgan fingerprint density at radius 3 is 2.62 bits per heavy atom. The van der Waals surface area contributed by atoms with Crippen molar-refractivity contribution >= 4 is 11.8 Å². The zero-order valence-corrected chi connectivity index (χ0v) is 15.8. The van der Waals surface area contributed by atoms with Gasteiger partial charge in [0.1, 0.15) is 6.04 Å². The van der Waals surface area contributed by atoms with Gasteiger partial charge in [0.05, 0.1) is 12.1 Å². The summed E-state index contributed by atoms with van der Waals surface area (Å²) in [6.45, 7) is 2.79. The van der Waals surface area contributed by atoms with Gasteiger partial charge in [0.2, 0.25) is 5.82 Å². The number of carbonyl (C=O) groups is 2. The van der Waals surface area contributed by atoms with Gasteiger partial charge in [0.25, 0.3) is 17.7 Å². The maximum atomic E-state index is 13.2. The zero-order chi connectivity index (χ0) is 20.2. The van der Waals surface area contributed by atoms with Gasteiger partial charge in [-0.15, -0.1) is 0 Å². The Labute approximate surface area is 166 Å². The first-order chi connectivity index (χ1) is 14.1. The minimum atomic E-state index is -0.584. The monoisotopic (exact) mass is 393 g/mol. The lowest BCUT2D eigenvalue weighted by Gasteiger charge is -2.29. The fraction of sp³-hybridized carbons (Fsp3) is 0.316. The Morgan fingerprint density at radius 2 is 1.93 bits per heavy atom. The first-order valence-corrected chi connectivity index (χ1v) is 9.21. The van der Waals surface area contributed by atoms with E-state index in [9.17, 15) is 9.59 Å². The Hall–Kier alpha value is -3.69. The van der Waals surface area contributed by atoms with Crippen LogP contribution in [0.1, 0.15) is 45.2 Å². The second-order valence-electron chi connectivity index (χ2n) is 6.61. The molecule has 1 aliphatic heterocycles. The predicted octanol–water partition coefficient (Wildman–Crippen LogP) is 1.29. The maximum Gasteiger partial charge on any atom is 0.291 e. The number of rotatable bonds is 3. The van der Waals surface area contributed by atoms with Gasteiger partial charge in [-0.3, -0.25) is 14.6 Å². The van der Waals surface area contributed by atoms with E-state index in [2.05, 4.69) is 25.1 Å². The summed E-state index contributed by atoms with van der Waals surface area (Å²) in [5, 5.41) is 3.85. The van der Waals surface area contributed by atoms with E-state index in [-0.39, 0.29) is 30.1 Å². The summed E-state index contributed by atoms with van der Waals surface area (Å²) in [5.74, 6) is 0.349. The lowest BCUT2D eigenvalue weighted by molar-refractivity contribution is 0.0588. The third-order valence-corrected chi connectivity index (χ3v) is 4.64. The molecule has 4 rings (SSSR count). The summed E-state index contributed by atoms with van der Waals surface area (Å²) in [5.41, 5.74) is 0.458. The van der Waals surface area contributed by atoms with E-state index in [1.165, 1.54) is 18.6 Å². The third kappa shape index (κ3) is 3.96. The van der Waals surface area contributed by atoms with Crippen LogP contribution in [0.5, 0.6) is 0 Å². The number of aryl methyl sites for hydroxylation is 1. The third-order valence-electron chi connectivity index (χ3n) is 4.64. The van der Waals surface area contributed by atoms with E-state index < -0.39 is 6.04 Å². The molecule has 2 amide bonds. The fourth-order valence-electron chi connectivity index (χ4n) is 3.28. The van der Waals surface area contributed by atoms with Crippen LogP contribution in [0.15, 0.2) is 47.5 Å². The number of aromatic nitrogens is 5. The highest BCUT2D eigenvalue weighted by atomic mass is 16.5. The summed E-state index contributed by atoms with van der Waals surface area (Å²) >= 11 is 0. The van der Waals surface area contributed by atoms with Gasteiger partial charge in [-0.2, -0.15) is 4.98 Å². The summed E-state index contributed by atoms with van der Waals surface area (Å²) < 4.78 is 5.37. The van der Waals surface area contributed by atoms with Crippen molar-refractivity contribution in [3.05, 3.63) is 66.1 Å². The largest absolute Gasteiger partial charge is 0.337 e. The molecule has 10 nitrogen and oxygen atoms in total. The number of hydrogen-bond acceptors (Lipinski definition) is 8. The van der Waals surface area contributed by atoms with Crippen LogP contribution in [0.2, 0.25) is 0 Å². The van der Waals surface area contributed by atoms with Gasteiger partial charge < -0.3 is 14.3 Å². The van der Waals surface area contributed by atoms with Gasteiger partial charge in [-0.1, -0.05) is 5.16 Å². The molecule has 0 bridgehead atoms. The van der Waals surface area contributed by atoms with E-state index in [4.69, 9.17) is 4.52 Å². The minimum absolute atomic E-state index is 0.111. The first kappa shape index (κ1) is 18.7. The normalized spacial score (nSPS) is 17.1. The van der Waals surface area contributed by atoms with Crippen molar-refractivity contribution in [2.24, 2.45) is 0 Å². The second kappa shape index (κ2) is 8.13. The number of amides is 2. The highest BCUT2D eigenvalue weighted by Gasteiger charge is 2.36. The predicted molar refractivity (Wildman–Crippen MR) is 99.6 cm³/mol. The first-order valence-electron chi connectivity index (χ1n) is 9.21. The van der Waals surface area contributed by atoms with Crippen LogP contribution in [0.3, 0.4) is 0 Å². The maximum absolute atomic E-state index is 13.2. The minimum Gasteiger partial charge on any atom is -0.337 e. The number of carbonyl (C=O) groups excluding carboxylic acids is 2. The molecule has 1 aliphatic rings. The van der Waals surface area contributed by atoms with Crippen LogP contribution in [0.25, 0.3) is 0 Å². The fourth-order valence-corrected chi connectivity index (χ4v) is 3.28. The summed E-state index contributed by atoms with van der Waals surface area (Å²) in [6.07, 6.45) is 6.76. The molecule has 0 aromatic carbocycles. The molecule has 3 aromatic rings. The Balaban J connectivity index is 1.66. The summed E-state index contributed by atoms with van der Waals surface area (Å²) in [4.78, 5) is 45.8. The molecule has 1 unspecified atom stereocenters. The van der Waals surface area contributed by atoms with Crippen molar-refractivity contribution in [1.29, 1.82) is 0 Å². The van der Waals surface area contributed by atoms with Crippen LogP contribution in [-0.2, 0) is 0 Å². The quantitative estimate of drug-likeness (QED) is 0.653. The molecular weight excluding hydrogens is 374 g/mol. The lowest BCUT2D eigenvalue weighted by Crippen LogP contribution is -2.40. The highest BCUT2D eigenvalue weighted by molar-refractivity contribution is 5.94. The second-order valence-corrected chi connectivity index (χ2v) is 6.61. The molecule has 29 heavy (non-hydrogen) atoms. The van der Waals surface area contributed by atoms with E-state index in [0.717, 1.165) is 0 Å². The molecule has 1 fully saturated rings. The van der Waals surface area contributed by atoms with E-state index in [1.807, 2.05) is 0 Å². The van der Waals surface area contributed by atoms with Crippen molar-refractivity contribution in [1.82, 2.24) is 34.9 Å². The molecule has 0 radical (unpaired) electrons. The van der Waals surface area contributed by atoms with Crippen LogP contribution in [0, 0.1) is 6.92 Å². The topological polar surface area (TPSA) is 118 Å². The average Bonchev–Trinajstić information content (AvgIpc) is 3.07. The zero-order valence-electron chi connectivity index (χ0n) is 15.8. The van der Waals surface area contributed by atoms with E-state index in [1.54, 1.807) is 41.1 Å². The molecule has 0 spiro atoms. The molecular formula is C19H19N7O3. The van der Waals surface area contributed by atoms with Crippen molar-refractivity contribution in [2.45, 2.75) is 19.4 Å². The van der Waals surface area contributed by atoms with Crippen molar-refractivity contribution in [2.75, 3.05) is 19.6 Å². The van der Waals surface area contributed by atoms with E-state index >= 15 is 0 Å². The molecule has 0 N–H and O–H groups in total.